The lowest BCUT2D eigenvalue weighted by Gasteiger charge is -1.96. The first-order valence-corrected chi connectivity index (χ1v) is 5.47. The summed E-state index contributed by atoms with van der Waals surface area (Å²) in [7, 11) is 0. The quantitative estimate of drug-likeness (QED) is 0.835. The topological polar surface area (TPSA) is 46.5 Å². The molecule has 1 N–H and O–H groups in total. The van der Waals surface area contributed by atoms with E-state index in [2.05, 4.69) is 31.2 Å². The lowest BCUT2D eigenvalue weighted by atomic mass is 10.4. The van der Waals surface area contributed by atoms with Crippen LogP contribution in [-0.4, -0.2) is 20.0 Å². The number of nitrogens with zero attached hydrogens (tertiary/aromatic N) is 3. The van der Waals surface area contributed by atoms with Gasteiger partial charge in [0.1, 0.15) is 0 Å². The van der Waals surface area contributed by atoms with Crippen LogP contribution in [0.5, 0.6) is 0 Å². The molecule has 2 heterocycles. The Morgan fingerprint density at radius 3 is 2.71 bits per heavy atom. The van der Waals surface area contributed by atoms with Gasteiger partial charge in [0, 0.05) is 22.8 Å². The first-order chi connectivity index (χ1) is 6.70. The van der Waals surface area contributed by atoms with Crippen LogP contribution >= 0.6 is 15.9 Å². The molecule has 0 saturated carbocycles. The number of hydrogen-bond acceptors (Lipinski definition) is 2. The van der Waals surface area contributed by atoms with Crippen LogP contribution in [-0.2, 0) is 5.33 Å². The van der Waals surface area contributed by atoms with Gasteiger partial charge in [-0.15, -0.1) is 0 Å². The molecule has 0 unspecified atom stereocenters. The van der Waals surface area contributed by atoms with Gasteiger partial charge in [-0.2, -0.15) is 10.2 Å². The smallest absolute Gasteiger partial charge is 0.175 e. The molecule has 0 spiro atoms. The summed E-state index contributed by atoms with van der Waals surface area (Å²) in [4.78, 5) is 0. The Morgan fingerprint density at radius 2 is 2.21 bits per heavy atom. The van der Waals surface area contributed by atoms with E-state index in [0.29, 0.717) is 0 Å². The molecule has 14 heavy (non-hydrogen) atoms. The number of aromatic nitrogens is 4. The van der Waals surface area contributed by atoms with Crippen molar-refractivity contribution in [1.82, 2.24) is 20.0 Å². The first kappa shape index (κ1) is 9.45. The van der Waals surface area contributed by atoms with E-state index in [1.54, 1.807) is 0 Å². The van der Waals surface area contributed by atoms with E-state index in [4.69, 9.17) is 0 Å². The fourth-order valence-corrected chi connectivity index (χ4v) is 1.62. The van der Waals surface area contributed by atoms with Crippen molar-refractivity contribution >= 4 is 15.9 Å². The number of alkyl halides is 1. The second-order valence-corrected chi connectivity index (χ2v) is 3.79. The molecule has 0 atom stereocenters. The van der Waals surface area contributed by atoms with Gasteiger partial charge in [0.05, 0.1) is 5.69 Å². The molecule has 4 nitrogen and oxygen atoms in total. The lowest BCUT2D eigenvalue weighted by molar-refractivity contribution is 0.797. The molecular formula is C9H11BrN4. The highest BCUT2D eigenvalue weighted by atomic mass is 79.9. The van der Waals surface area contributed by atoms with Crippen molar-refractivity contribution in [2.24, 2.45) is 0 Å². The molecule has 0 saturated heterocycles. The van der Waals surface area contributed by atoms with Crippen LogP contribution in [0.3, 0.4) is 0 Å². The molecule has 0 aliphatic heterocycles. The van der Waals surface area contributed by atoms with Gasteiger partial charge in [-0.05, 0) is 19.9 Å². The Kier molecular flexibility index (Phi) is 2.41. The Labute approximate surface area is 90.5 Å². The number of hydrogen-bond donors (Lipinski definition) is 1. The summed E-state index contributed by atoms with van der Waals surface area (Å²) in [6.45, 7) is 3.99. The molecule has 2 aromatic rings. The number of rotatable bonds is 2. The summed E-state index contributed by atoms with van der Waals surface area (Å²) >= 11 is 3.38. The largest absolute Gasteiger partial charge is 0.281 e. The second-order valence-electron chi connectivity index (χ2n) is 3.23. The fraction of sp³-hybridized carbons (Fsp3) is 0.333. The van der Waals surface area contributed by atoms with Crippen LogP contribution in [0.15, 0.2) is 12.1 Å². The first-order valence-electron chi connectivity index (χ1n) is 4.34. The van der Waals surface area contributed by atoms with Crippen molar-refractivity contribution in [3.05, 3.63) is 29.2 Å². The number of aromatic amines is 1. The predicted molar refractivity (Wildman–Crippen MR) is 57.8 cm³/mol. The van der Waals surface area contributed by atoms with Crippen LogP contribution in [0.1, 0.15) is 17.1 Å². The zero-order chi connectivity index (χ0) is 10.1. The SMILES string of the molecule is Cc1cc(-n2nc(CBr)cc2C)n[nH]1. The molecule has 5 heteroatoms. The molecule has 0 fully saturated rings. The maximum atomic E-state index is 4.40. The van der Waals surface area contributed by atoms with Crippen LogP contribution in [0.4, 0.5) is 0 Å². The van der Waals surface area contributed by atoms with Gasteiger partial charge in [-0.25, -0.2) is 4.68 Å². The average molecular weight is 255 g/mol. The Bertz CT molecular complexity index is 443. The van der Waals surface area contributed by atoms with Gasteiger partial charge >= 0.3 is 0 Å². The van der Waals surface area contributed by atoms with Gasteiger partial charge in [-0.1, -0.05) is 15.9 Å². The monoisotopic (exact) mass is 254 g/mol. The van der Waals surface area contributed by atoms with E-state index in [-0.39, 0.29) is 0 Å². The highest BCUT2D eigenvalue weighted by Gasteiger charge is 2.07. The molecule has 74 valence electrons. The fourth-order valence-electron chi connectivity index (χ4n) is 1.35. The molecule has 0 aromatic carbocycles. The third-order valence-electron chi connectivity index (χ3n) is 1.98. The number of nitrogens with one attached hydrogen (secondary N) is 1. The Hall–Kier alpha value is -1.10. The van der Waals surface area contributed by atoms with Gasteiger partial charge < -0.3 is 0 Å². The average Bonchev–Trinajstić information content (AvgIpc) is 2.71. The molecule has 2 rings (SSSR count). The molecule has 2 aromatic heterocycles. The molecule has 0 bridgehead atoms. The zero-order valence-corrected chi connectivity index (χ0v) is 9.67. The number of H-pyrrole nitrogens is 1. The lowest BCUT2D eigenvalue weighted by Crippen LogP contribution is -1.99. The summed E-state index contributed by atoms with van der Waals surface area (Å²) in [6.07, 6.45) is 0. The summed E-state index contributed by atoms with van der Waals surface area (Å²) in [6, 6.07) is 4.01. The summed E-state index contributed by atoms with van der Waals surface area (Å²) < 4.78 is 1.83. The van der Waals surface area contributed by atoms with Crippen molar-refractivity contribution < 1.29 is 0 Å². The van der Waals surface area contributed by atoms with E-state index in [1.807, 2.05) is 30.7 Å². The van der Waals surface area contributed by atoms with Crippen LogP contribution in [0.2, 0.25) is 0 Å². The summed E-state index contributed by atoms with van der Waals surface area (Å²) in [5.41, 5.74) is 3.14. The van der Waals surface area contributed by atoms with Crippen molar-refractivity contribution in [2.75, 3.05) is 0 Å². The van der Waals surface area contributed by atoms with Crippen molar-refractivity contribution in [3.8, 4) is 5.82 Å². The zero-order valence-electron chi connectivity index (χ0n) is 8.08. The highest BCUT2D eigenvalue weighted by molar-refractivity contribution is 9.08. The second kappa shape index (κ2) is 3.57. The van der Waals surface area contributed by atoms with Crippen molar-refractivity contribution in [2.45, 2.75) is 19.2 Å². The minimum Gasteiger partial charge on any atom is -0.281 e. The van der Waals surface area contributed by atoms with E-state index in [9.17, 15) is 0 Å². The maximum Gasteiger partial charge on any atom is 0.175 e. The molecular weight excluding hydrogens is 244 g/mol. The van der Waals surface area contributed by atoms with E-state index in [1.165, 1.54) is 0 Å². The van der Waals surface area contributed by atoms with Gasteiger partial charge in [0.15, 0.2) is 5.82 Å². The summed E-state index contributed by atoms with van der Waals surface area (Å²) in [5, 5.41) is 12.2. The van der Waals surface area contributed by atoms with Crippen molar-refractivity contribution in [1.29, 1.82) is 0 Å². The van der Waals surface area contributed by atoms with E-state index >= 15 is 0 Å². The van der Waals surface area contributed by atoms with E-state index < -0.39 is 0 Å². The van der Waals surface area contributed by atoms with Gasteiger partial charge in [0.2, 0.25) is 0 Å². The third-order valence-corrected chi connectivity index (χ3v) is 2.56. The normalized spacial score (nSPS) is 10.8. The van der Waals surface area contributed by atoms with Crippen LogP contribution in [0, 0.1) is 13.8 Å². The number of halogens is 1. The summed E-state index contributed by atoms with van der Waals surface area (Å²) in [5.74, 6) is 0.840. The highest BCUT2D eigenvalue weighted by Crippen LogP contribution is 2.12. The third kappa shape index (κ3) is 1.59. The molecule has 0 radical (unpaired) electrons. The van der Waals surface area contributed by atoms with Crippen molar-refractivity contribution in [3.63, 3.8) is 0 Å². The van der Waals surface area contributed by atoms with Gasteiger partial charge in [0.25, 0.3) is 0 Å². The molecule has 0 aliphatic carbocycles. The van der Waals surface area contributed by atoms with E-state index in [0.717, 1.165) is 28.2 Å². The predicted octanol–water partition coefficient (Wildman–Crippen LogP) is 2.11. The molecule has 0 amide bonds. The minimum absolute atomic E-state index is 0.768. The van der Waals surface area contributed by atoms with Crippen LogP contribution in [0.25, 0.3) is 5.82 Å². The Balaban J connectivity index is 2.45. The molecule has 0 aliphatic rings. The van der Waals surface area contributed by atoms with Gasteiger partial charge in [-0.3, -0.25) is 5.10 Å². The maximum absolute atomic E-state index is 4.40. The minimum atomic E-state index is 0.768. The number of aryl methyl sites for hydroxylation is 2. The van der Waals surface area contributed by atoms with Crippen LogP contribution < -0.4 is 0 Å². The Morgan fingerprint density at radius 1 is 1.43 bits per heavy atom. The standard InChI is InChI=1S/C9H11BrN4/c1-6-3-9(12-11-6)14-7(2)4-8(5-10)13-14/h3-4H,5H2,1-2H3,(H,11,12).